The second-order valence-electron chi connectivity index (χ2n) is 9.95. The first kappa shape index (κ1) is 23.6. The highest BCUT2D eigenvalue weighted by Gasteiger charge is 2.69. The van der Waals surface area contributed by atoms with Gasteiger partial charge in [0.05, 0.1) is 23.5 Å². The number of phenolic OH excluding ortho intramolecular Hbond substituents is 1. The van der Waals surface area contributed by atoms with Crippen LogP contribution in [-0.4, -0.2) is 56.3 Å². The number of thioether (sulfide) groups is 1. The summed E-state index contributed by atoms with van der Waals surface area (Å²) in [6.07, 6.45) is 0.946. The van der Waals surface area contributed by atoms with E-state index in [9.17, 15) is 24.3 Å². The summed E-state index contributed by atoms with van der Waals surface area (Å²) < 4.78 is 5.63. The molecule has 3 N–H and O–H groups in total. The van der Waals surface area contributed by atoms with Gasteiger partial charge in [-0.3, -0.25) is 24.1 Å². The molecule has 2 bridgehead atoms. The zero-order valence-corrected chi connectivity index (χ0v) is 21.1. The Balaban J connectivity index is 1.38. The molecule has 4 aliphatic rings. The second-order valence-corrected chi connectivity index (χ2v) is 12.1. The lowest BCUT2D eigenvalue weighted by Gasteiger charge is -2.43. The molecule has 7 atom stereocenters. The molecular formula is C25H26N2O7S2. The molecular weight excluding hydrogens is 504 g/mol. The monoisotopic (exact) mass is 530 g/mol. The number of likely N-dealkylation sites (tertiary alicyclic amines) is 1. The number of aromatic nitrogens is 1. The van der Waals surface area contributed by atoms with Gasteiger partial charge in [-0.25, -0.2) is 0 Å². The first-order valence-electron chi connectivity index (χ1n) is 12.2. The molecule has 1 saturated heterocycles. The number of benzene rings is 1. The fourth-order valence-corrected chi connectivity index (χ4v) is 9.94. The smallest absolute Gasteiger partial charge is 0.305 e. The number of amides is 2. The predicted octanol–water partition coefficient (Wildman–Crippen LogP) is 2.88. The molecule has 2 aliphatic carbocycles. The van der Waals surface area contributed by atoms with Gasteiger partial charge in [-0.1, -0.05) is 17.4 Å². The lowest BCUT2D eigenvalue weighted by molar-refractivity contribution is -0.142. The van der Waals surface area contributed by atoms with E-state index in [1.165, 1.54) is 16.2 Å². The molecule has 1 aromatic carbocycles. The van der Waals surface area contributed by atoms with Gasteiger partial charge in [0.1, 0.15) is 0 Å². The van der Waals surface area contributed by atoms with Gasteiger partial charge in [0.15, 0.2) is 11.5 Å². The number of fused-ring (bicyclic) bond motifs is 9. The number of carboxylic acid groups (broad SMARTS) is 1. The van der Waals surface area contributed by atoms with Gasteiger partial charge in [-0.15, -0.1) is 11.8 Å². The Morgan fingerprint density at radius 2 is 1.94 bits per heavy atom. The number of nitrogens with zero attached hydrogens (tertiary/aromatic N) is 1. The van der Waals surface area contributed by atoms with Crippen molar-refractivity contribution in [1.29, 1.82) is 0 Å². The molecule has 2 aromatic rings. The second kappa shape index (κ2) is 8.65. The Labute approximate surface area is 214 Å². The highest BCUT2D eigenvalue weighted by molar-refractivity contribution is 8.00. The largest absolute Gasteiger partial charge is 0.504 e. The van der Waals surface area contributed by atoms with E-state index < -0.39 is 11.9 Å². The molecule has 2 amide bonds. The molecule has 2 aliphatic heterocycles. The van der Waals surface area contributed by atoms with Crippen LogP contribution in [-0.2, 0) is 14.4 Å². The summed E-state index contributed by atoms with van der Waals surface area (Å²) >= 11 is 2.80. The molecule has 6 unspecified atom stereocenters. The highest BCUT2D eigenvalue weighted by atomic mass is 32.2. The van der Waals surface area contributed by atoms with Crippen molar-refractivity contribution in [3.05, 3.63) is 38.3 Å². The summed E-state index contributed by atoms with van der Waals surface area (Å²) in [6, 6.07) is 5.29. The maximum Gasteiger partial charge on any atom is 0.305 e. The van der Waals surface area contributed by atoms with Crippen molar-refractivity contribution in [2.75, 3.05) is 13.2 Å². The molecule has 2 saturated carbocycles. The number of nitrogens with one attached hydrogen (secondary N) is 1. The standard InChI is InChI=1S/C25H26N2O7S2/c1-2-34-14-8-10(5-6-13(14)28)16-17-11-9-12(20(17)35-22-21(16)36-25(33)26-22)19-18(11)23(31)27(24(19)32)7-3-4-15(29)30/h5-6,8,11-12,16-20,28H,2-4,7,9H2,1H3,(H,26,33)(H,29,30)/t11?,12?,16-,17?,18?,19?,20?/m1/s1. The molecule has 6 rings (SSSR count). The molecule has 11 heteroatoms. The van der Waals surface area contributed by atoms with Crippen LogP contribution in [0.2, 0.25) is 0 Å². The number of carbonyl (C=O) groups is 3. The number of H-pyrrole nitrogens is 1. The third-order valence-electron chi connectivity index (χ3n) is 8.23. The fourth-order valence-electron chi connectivity index (χ4n) is 7.06. The molecule has 3 fully saturated rings. The Hall–Kier alpha value is -2.79. The van der Waals surface area contributed by atoms with Gasteiger partial charge in [-0.05, 0) is 55.2 Å². The third-order valence-corrected chi connectivity index (χ3v) is 10.8. The fraction of sp³-hybridized carbons (Fsp3) is 0.520. The molecule has 0 radical (unpaired) electrons. The van der Waals surface area contributed by atoms with Gasteiger partial charge in [0.25, 0.3) is 0 Å². The van der Waals surface area contributed by atoms with Crippen molar-refractivity contribution in [3.63, 3.8) is 0 Å². The summed E-state index contributed by atoms with van der Waals surface area (Å²) in [4.78, 5) is 55.2. The van der Waals surface area contributed by atoms with Crippen LogP contribution in [0.15, 0.2) is 28.0 Å². The number of hydrogen-bond acceptors (Lipinski definition) is 8. The van der Waals surface area contributed by atoms with Crippen LogP contribution < -0.4 is 9.61 Å². The highest BCUT2D eigenvalue weighted by Crippen LogP contribution is 2.68. The maximum absolute atomic E-state index is 13.5. The first-order chi connectivity index (χ1) is 17.3. The quantitative estimate of drug-likeness (QED) is 0.465. The minimum absolute atomic E-state index is 0.0125. The maximum atomic E-state index is 13.5. The minimum Gasteiger partial charge on any atom is -0.504 e. The summed E-state index contributed by atoms with van der Waals surface area (Å²) in [5.74, 6) is -1.77. The van der Waals surface area contributed by atoms with Crippen LogP contribution in [0.25, 0.3) is 0 Å². The topological polar surface area (TPSA) is 137 Å². The number of carboxylic acids is 1. The average molecular weight is 531 g/mol. The zero-order chi connectivity index (χ0) is 25.3. The molecule has 36 heavy (non-hydrogen) atoms. The van der Waals surface area contributed by atoms with Crippen LogP contribution >= 0.6 is 23.1 Å². The summed E-state index contributed by atoms with van der Waals surface area (Å²) in [6.45, 7) is 2.38. The lowest BCUT2D eigenvalue weighted by Crippen LogP contribution is -2.42. The molecule has 1 aromatic heterocycles. The number of carbonyl (C=O) groups excluding carboxylic acids is 2. The van der Waals surface area contributed by atoms with Crippen molar-refractivity contribution in [2.45, 2.75) is 42.4 Å². The average Bonchev–Trinajstić information content (AvgIpc) is 3.56. The molecule has 9 nitrogen and oxygen atoms in total. The first-order valence-corrected chi connectivity index (χ1v) is 13.9. The number of aromatic amines is 1. The van der Waals surface area contributed by atoms with Crippen molar-refractivity contribution >= 4 is 40.9 Å². The Bertz CT molecular complexity index is 1320. The summed E-state index contributed by atoms with van der Waals surface area (Å²) in [5, 5.41) is 20.1. The van der Waals surface area contributed by atoms with Gasteiger partial charge in [-0.2, -0.15) is 0 Å². The molecule has 190 valence electrons. The van der Waals surface area contributed by atoms with E-state index in [1.54, 1.807) is 17.8 Å². The van der Waals surface area contributed by atoms with E-state index in [0.717, 1.165) is 21.9 Å². The summed E-state index contributed by atoms with van der Waals surface area (Å²) in [7, 11) is 0. The number of aliphatic carboxylic acids is 1. The predicted molar refractivity (Wildman–Crippen MR) is 131 cm³/mol. The van der Waals surface area contributed by atoms with Crippen LogP contribution in [0.4, 0.5) is 0 Å². The molecule has 3 heterocycles. The van der Waals surface area contributed by atoms with E-state index in [0.29, 0.717) is 12.4 Å². The minimum atomic E-state index is -0.944. The zero-order valence-electron chi connectivity index (χ0n) is 19.5. The van der Waals surface area contributed by atoms with Crippen LogP contribution in [0, 0.1) is 29.6 Å². The van der Waals surface area contributed by atoms with Crippen molar-refractivity contribution < 1.29 is 29.3 Å². The Morgan fingerprint density at radius 3 is 2.67 bits per heavy atom. The Morgan fingerprint density at radius 1 is 1.19 bits per heavy atom. The molecule has 0 spiro atoms. The van der Waals surface area contributed by atoms with Crippen LogP contribution in [0.5, 0.6) is 11.5 Å². The number of ether oxygens (including phenoxy) is 1. The SMILES string of the molecule is CCOc1cc([C@H]2c3sc(=O)[nH]c3SC3C4CC(C5C(=O)N(CCCC(=O)O)C(=O)C45)C32)ccc1O. The Kier molecular flexibility index (Phi) is 5.67. The van der Waals surface area contributed by atoms with Crippen molar-refractivity contribution in [2.24, 2.45) is 29.6 Å². The number of imide groups is 1. The lowest BCUT2D eigenvalue weighted by atomic mass is 9.68. The van der Waals surface area contributed by atoms with E-state index in [1.807, 2.05) is 19.1 Å². The number of hydrogen-bond donors (Lipinski definition) is 3. The van der Waals surface area contributed by atoms with Gasteiger partial charge in [0, 0.05) is 29.0 Å². The van der Waals surface area contributed by atoms with Gasteiger partial charge < -0.3 is 19.9 Å². The third kappa shape index (κ3) is 3.42. The van der Waals surface area contributed by atoms with Gasteiger partial charge in [0.2, 0.25) is 11.8 Å². The van der Waals surface area contributed by atoms with E-state index in [2.05, 4.69) is 4.98 Å². The summed E-state index contributed by atoms with van der Waals surface area (Å²) in [5.41, 5.74) is 0.919. The van der Waals surface area contributed by atoms with E-state index >= 15 is 0 Å². The number of aromatic hydroxyl groups is 1. The van der Waals surface area contributed by atoms with Crippen LogP contribution in [0.3, 0.4) is 0 Å². The normalized spacial score (nSPS) is 31.9. The van der Waals surface area contributed by atoms with E-state index in [-0.39, 0.29) is 76.7 Å². The van der Waals surface area contributed by atoms with Crippen molar-refractivity contribution in [1.82, 2.24) is 9.88 Å². The number of rotatable bonds is 7. The van der Waals surface area contributed by atoms with Crippen LogP contribution in [0.1, 0.15) is 42.5 Å². The van der Waals surface area contributed by atoms with E-state index in [4.69, 9.17) is 9.84 Å². The number of phenols is 1. The number of thiazole rings is 1. The van der Waals surface area contributed by atoms with Crippen molar-refractivity contribution in [3.8, 4) is 11.5 Å². The van der Waals surface area contributed by atoms with Gasteiger partial charge >= 0.3 is 10.8 Å².